The van der Waals surface area contributed by atoms with E-state index in [1.165, 1.54) is 5.56 Å². The predicted octanol–water partition coefficient (Wildman–Crippen LogP) is 3.88. The molecule has 23 heavy (non-hydrogen) atoms. The van der Waals surface area contributed by atoms with Crippen LogP contribution in [0.2, 0.25) is 0 Å². The average Bonchev–Trinajstić information content (AvgIpc) is 2.81. The molecule has 1 N–H and O–H groups in total. The van der Waals surface area contributed by atoms with Gasteiger partial charge in [0, 0.05) is 29.7 Å². The molecule has 1 amide bonds. The van der Waals surface area contributed by atoms with E-state index in [0.717, 1.165) is 17.8 Å². The third-order valence-electron chi connectivity index (χ3n) is 3.93. The molecule has 1 aromatic carbocycles. The van der Waals surface area contributed by atoms with Crippen molar-refractivity contribution in [3.63, 3.8) is 0 Å². The quantitative estimate of drug-likeness (QED) is 0.915. The molecule has 0 radical (unpaired) electrons. The Morgan fingerprint density at radius 1 is 1.26 bits per heavy atom. The fourth-order valence-electron chi connectivity index (χ4n) is 3.07. The molecule has 3 rings (SSSR count). The summed E-state index contributed by atoms with van der Waals surface area (Å²) in [5.41, 5.74) is 3.65. The van der Waals surface area contributed by atoms with E-state index in [-0.39, 0.29) is 17.5 Å². The minimum Gasteiger partial charge on any atom is -0.379 e. The first-order chi connectivity index (χ1) is 10.8. The highest BCUT2D eigenvalue weighted by atomic mass is 16.2. The summed E-state index contributed by atoms with van der Waals surface area (Å²) in [6.45, 7) is 8.34. The van der Waals surface area contributed by atoms with Crippen molar-refractivity contribution in [3.8, 4) is 0 Å². The van der Waals surface area contributed by atoms with Crippen molar-refractivity contribution in [2.45, 2.75) is 45.7 Å². The van der Waals surface area contributed by atoms with Crippen LogP contribution in [0.4, 0.5) is 11.4 Å². The molecule has 2 heterocycles. The number of para-hydroxylation sites is 1. The summed E-state index contributed by atoms with van der Waals surface area (Å²) in [5, 5.41) is 3.36. The van der Waals surface area contributed by atoms with Crippen LogP contribution >= 0.6 is 0 Å². The number of fused-ring (bicyclic) bond motifs is 1. The summed E-state index contributed by atoms with van der Waals surface area (Å²) in [6.07, 6.45) is 4.29. The minimum absolute atomic E-state index is 0.00695. The second-order valence-corrected chi connectivity index (χ2v) is 7.19. The lowest BCUT2D eigenvalue weighted by Crippen LogP contribution is -2.36. The number of hydrogen-bond acceptors (Lipinski definition) is 3. The number of carbonyl (C=O) groups excluding carboxylic acids is 1. The van der Waals surface area contributed by atoms with Crippen molar-refractivity contribution in [1.29, 1.82) is 0 Å². The topological polar surface area (TPSA) is 45.2 Å². The number of carbonyl (C=O) groups is 1. The van der Waals surface area contributed by atoms with Crippen LogP contribution in [0.15, 0.2) is 42.7 Å². The summed E-state index contributed by atoms with van der Waals surface area (Å²) in [6, 6.07) is 10.2. The molecule has 4 heteroatoms. The van der Waals surface area contributed by atoms with Gasteiger partial charge in [0.25, 0.3) is 5.91 Å². The van der Waals surface area contributed by atoms with Crippen molar-refractivity contribution < 1.29 is 4.79 Å². The minimum atomic E-state index is -0.0725. The summed E-state index contributed by atoms with van der Waals surface area (Å²) in [5.74, 6) is 0.00695. The first kappa shape index (κ1) is 15.5. The van der Waals surface area contributed by atoms with Crippen LogP contribution in [0, 0.1) is 0 Å². The van der Waals surface area contributed by atoms with Gasteiger partial charge < -0.3 is 10.2 Å². The number of pyridine rings is 1. The maximum absolute atomic E-state index is 13.0. The number of hydrogen-bond donors (Lipinski definition) is 1. The molecule has 0 fully saturated rings. The van der Waals surface area contributed by atoms with Gasteiger partial charge in [0.05, 0.1) is 11.3 Å². The molecule has 0 bridgehead atoms. The molecule has 2 aromatic rings. The number of amides is 1. The molecule has 120 valence electrons. The zero-order valence-corrected chi connectivity index (χ0v) is 14.1. The predicted molar refractivity (Wildman–Crippen MR) is 94.0 cm³/mol. The number of benzene rings is 1. The maximum Gasteiger partial charge on any atom is 0.260 e. The van der Waals surface area contributed by atoms with Crippen LogP contribution in [0.25, 0.3) is 0 Å². The zero-order valence-electron chi connectivity index (χ0n) is 14.1. The van der Waals surface area contributed by atoms with Crippen molar-refractivity contribution in [2.24, 2.45) is 0 Å². The summed E-state index contributed by atoms with van der Waals surface area (Å²) in [4.78, 5) is 19.1. The van der Waals surface area contributed by atoms with Gasteiger partial charge in [0.1, 0.15) is 0 Å². The number of nitrogens with one attached hydrogen (secondary N) is 1. The molecule has 0 saturated carbocycles. The third kappa shape index (κ3) is 3.21. The van der Waals surface area contributed by atoms with Gasteiger partial charge in [-0.2, -0.15) is 0 Å². The van der Waals surface area contributed by atoms with Gasteiger partial charge in [-0.05, 0) is 51.8 Å². The van der Waals surface area contributed by atoms with Crippen LogP contribution in [0.3, 0.4) is 0 Å². The molecule has 1 aliphatic heterocycles. The molecule has 1 atom stereocenters. The van der Waals surface area contributed by atoms with Gasteiger partial charge in [-0.25, -0.2) is 0 Å². The zero-order chi connectivity index (χ0) is 16.6. The molecular weight excluding hydrogens is 286 g/mol. The maximum atomic E-state index is 13.0. The van der Waals surface area contributed by atoms with E-state index in [0.29, 0.717) is 5.56 Å². The van der Waals surface area contributed by atoms with E-state index in [1.54, 1.807) is 12.4 Å². The number of nitrogens with zero attached hydrogens (tertiary/aromatic N) is 2. The van der Waals surface area contributed by atoms with Crippen LogP contribution in [0.1, 0.15) is 43.6 Å². The Hall–Kier alpha value is -2.36. The smallest absolute Gasteiger partial charge is 0.260 e. The molecule has 1 aromatic heterocycles. The fourth-order valence-corrected chi connectivity index (χ4v) is 3.07. The molecular formula is C19H23N3O. The van der Waals surface area contributed by atoms with E-state index in [2.05, 4.69) is 44.1 Å². The monoisotopic (exact) mass is 309 g/mol. The Bertz CT molecular complexity index is 733. The van der Waals surface area contributed by atoms with Crippen molar-refractivity contribution in [3.05, 3.63) is 53.9 Å². The SMILES string of the molecule is CC1Cc2ccccc2N1C(=O)c1cncc(NC(C)(C)C)c1. The summed E-state index contributed by atoms with van der Waals surface area (Å²) < 4.78 is 0. The normalized spacial score (nSPS) is 17.0. The van der Waals surface area contributed by atoms with Gasteiger partial charge >= 0.3 is 0 Å². The number of anilines is 2. The van der Waals surface area contributed by atoms with Gasteiger partial charge in [-0.15, -0.1) is 0 Å². The Morgan fingerprint density at radius 3 is 2.74 bits per heavy atom. The molecule has 0 aliphatic carbocycles. The second-order valence-electron chi connectivity index (χ2n) is 7.19. The highest BCUT2D eigenvalue weighted by Crippen LogP contribution is 2.33. The van der Waals surface area contributed by atoms with Crippen molar-refractivity contribution in [2.75, 3.05) is 10.2 Å². The van der Waals surface area contributed by atoms with E-state index in [1.807, 2.05) is 29.2 Å². The van der Waals surface area contributed by atoms with Crippen LogP contribution in [-0.2, 0) is 6.42 Å². The average molecular weight is 309 g/mol. The fraction of sp³-hybridized carbons (Fsp3) is 0.368. The summed E-state index contributed by atoms with van der Waals surface area (Å²) >= 11 is 0. The highest BCUT2D eigenvalue weighted by molar-refractivity contribution is 6.08. The molecule has 0 saturated heterocycles. The number of aromatic nitrogens is 1. The first-order valence-corrected chi connectivity index (χ1v) is 8.00. The lowest BCUT2D eigenvalue weighted by molar-refractivity contribution is 0.0981. The van der Waals surface area contributed by atoms with Gasteiger partial charge in [-0.1, -0.05) is 18.2 Å². The van der Waals surface area contributed by atoms with Crippen LogP contribution < -0.4 is 10.2 Å². The second kappa shape index (κ2) is 5.69. The first-order valence-electron chi connectivity index (χ1n) is 8.00. The lowest BCUT2D eigenvalue weighted by Gasteiger charge is -2.24. The van der Waals surface area contributed by atoms with Crippen molar-refractivity contribution in [1.82, 2.24) is 4.98 Å². The Kier molecular flexibility index (Phi) is 3.84. The molecule has 4 nitrogen and oxygen atoms in total. The molecule has 1 aliphatic rings. The highest BCUT2D eigenvalue weighted by Gasteiger charge is 2.31. The Balaban J connectivity index is 1.91. The van der Waals surface area contributed by atoms with E-state index in [4.69, 9.17) is 0 Å². The van der Waals surface area contributed by atoms with Crippen molar-refractivity contribution >= 4 is 17.3 Å². The Morgan fingerprint density at radius 2 is 2.00 bits per heavy atom. The molecule has 1 unspecified atom stereocenters. The van der Waals surface area contributed by atoms with Crippen LogP contribution in [0.5, 0.6) is 0 Å². The van der Waals surface area contributed by atoms with E-state index >= 15 is 0 Å². The van der Waals surface area contributed by atoms with Gasteiger partial charge in [0.2, 0.25) is 0 Å². The molecule has 0 spiro atoms. The third-order valence-corrected chi connectivity index (χ3v) is 3.93. The van der Waals surface area contributed by atoms with Gasteiger partial charge in [-0.3, -0.25) is 9.78 Å². The van der Waals surface area contributed by atoms with E-state index in [9.17, 15) is 4.79 Å². The number of rotatable bonds is 2. The summed E-state index contributed by atoms with van der Waals surface area (Å²) in [7, 11) is 0. The van der Waals surface area contributed by atoms with E-state index < -0.39 is 0 Å². The standard InChI is InChI=1S/C19H23N3O/c1-13-9-14-7-5-6-8-17(14)22(13)18(23)15-10-16(12-20-11-15)21-19(2,3)4/h5-8,10-13,21H,9H2,1-4H3. The van der Waals surface area contributed by atoms with Crippen LogP contribution in [-0.4, -0.2) is 22.5 Å². The van der Waals surface area contributed by atoms with Gasteiger partial charge in [0.15, 0.2) is 0 Å². The lowest BCUT2D eigenvalue weighted by atomic mass is 10.1. The largest absolute Gasteiger partial charge is 0.379 e. The Labute approximate surface area is 137 Å².